The Bertz CT molecular complexity index is 950. The molecule has 29 heavy (non-hydrogen) atoms. The number of aliphatic hydroxyl groups excluding tert-OH is 1. The maximum Gasteiger partial charge on any atom is 0.421 e. The van der Waals surface area contributed by atoms with Gasteiger partial charge in [-0.2, -0.15) is 23.4 Å². The van der Waals surface area contributed by atoms with E-state index in [1.807, 2.05) is 0 Å². The number of alkyl halides is 3. The van der Waals surface area contributed by atoms with Crippen LogP contribution in [0.25, 0.3) is 0 Å². The van der Waals surface area contributed by atoms with Crippen LogP contribution in [0.1, 0.15) is 30.4 Å². The van der Waals surface area contributed by atoms with Gasteiger partial charge in [0.25, 0.3) is 0 Å². The van der Waals surface area contributed by atoms with Gasteiger partial charge in [-0.25, -0.2) is 4.98 Å². The fraction of sp³-hybridized carbons (Fsp3) is 0.389. The number of anilines is 3. The fourth-order valence-corrected chi connectivity index (χ4v) is 3.78. The lowest BCUT2D eigenvalue weighted by Crippen LogP contribution is -2.26. The van der Waals surface area contributed by atoms with Gasteiger partial charge in [-0.3, -0.25) is 0 Å². The molecule has 6 nitrogen and oxygen atoms in total. The Morgan fingerprint density at radius 3 is 2.76 bits per heavy atom. The molecule has 2 atom stereocenters. The lowest BCUT2D eigenvalue weighted by molar-refractivity contribution is -0.137. The Morgan fingerprint density at radius 2 is 2.10 bits per heavy atom. The predicted molar refractivity (Wildman–Crippen MR) is 106 cm³/mol. The van der Waals surface area contributed by atoms with Crippen LogP contribution in [0.2, 0.25) is 5.02 Å². The van der Waals surface area contributed by atoms with Crippen molar-refractivity contribution in [2.45, 2.75) is 38.1 Å². The van der Waals surface area contributed by atoms with Crippen molar-refractivity contribution in [2.24, 2.45) is 5.92 Å². The summed E-state index contributed by atoms with van der Waals surface area (Å²) in [4.78, 5) is 7.75. The SMILES string of the molecule is N#CC1CCC[C@@H]1Nc1nc(Nc2cc(Cl)c(Br)c(CO)c2)ncc1C(F)(F)F. The molecule has 1 aliphatic carbocycles. The number of nitrogens with one attached hydrogen (secondary N) is 2. The molecule has 0 aliphatic heterocycles. The highest BCUT2D eigenvalue weighted by molar-refractivity contribution is 9.10. The summed E-state index contributed by atoms with van der Waals surface area (Å²) in [6, 6.07) is 4.82. The molecule has 1 unspecified atom stereocenters. The van der Waals surface area contributed by atoms with Crippen molar-refractivity contribution < 1.29 is 18.3 Å². The standard InChI is InChI=1S/C18H16BrClF3N5O/c19-15-10(8-29)4-11(5-13(15)20)26-17-25-7-12(18(21,22)23)16(28-17)27-14-3-1-2-9(14)6-24/h4-5,7,9,14,29H,1-3,8H2,(H2,25,26,27,28)/t9?,14-/m0/s1. The van der Waals surface area contributed by atoms with Crippen LogP contribution in [-0.4, -0.2) is 21.1 Å². The van der Waals surface area contributed by atoms with E-state index in [1.165, 1.54) is 6.07 Å². The molecule has 1 heterocycles. The fourth-order valence-electron chi connectivity index (χ4n) is 3.18. The first-order valence-corrected chi connectivity index (χ1v) is 9.86. The van der Waals surface area contributed by atoms with Crippen molar-refractivity contribution in [2.75, 3.05) is 10.6 Å². The highest BCUT2D eigenvalue weighted by Crippen LogP contribution is 2.37. The van der Waals surface area contributed by atoms with Crippen molar-refractivity contribution in [3.8, 4) is 6.07 Å². The Morgan fingerprint density at radius 1 is 1.34 bits per heavy atom. The molecular formula is C18H16BrClF3N5O. The second-order valence-electron chi connectivity index (χ2n) is 6.59. The summed E-state index contributed by atoms with van der Waals surface area (Å²) in [5, 5.41) is 24.5. The van der Waals surface area contributed by atoms with Crippen molar-refractivity contribution in [1.82, 2.24) is 9.97 Å². The molecule has 1 fully saturated rings. The van der Waals surface area contributed by atoms with E-state index >= 15 is 0 Å². The average molecular weight is 491 g/mol. The van der Waals surface area contributed by atoms with Crippen molar-refractivity contribution in [3.63, 3.8) is 0 Å². The van der Waals surface area contributed by atoms with Crippen molar-refractivity contribution in [3.05, 3.63) is 39.0 Å². The van der Waals surface area contributed by atoms with Gasteiger partial charge in [-0.1, -0.05) is 11.6 Å². The van der Waals surface area contributed by atoms with Crippen LogP contribution in [0, 0.1) is 17.2 Å². The summed E-state index contributed by atoms with van der Waals surface area (Å²) >= 11 is 9.35. The van der Waals surface area contributed by atoms with Gasteiger partial charge < -0.3 is 15.7 Å². The Hall–Kier alpha value is -2.09. The second-order valence-corrected chi connectivity index (χ2v) is 7.79. The summed E-state index contributed by atoms with van der Waals surface area (Å²) in [5.74, 6) is -0.832. The van der Waals surface area contributed by atoms with Gasteiger partial charge in [0.15, 0.2) is 0 Å². The minimum Gasteiger partial charge on any atom is -0.392 e. The van der Waals surface area contributed by atoms with Gasteiger partial charge in [0.05, 0.1) is 23.6 Å². The molecule has 0 spiro atoms. The molecule has 0 saturated heterocycles. The zero-order chi connectivity index (χ0) is 21.2. The average Bonchev–Trinajstić information content (AvgIpc) is 3.11. The molecule has 0 bridgehead atoms. The van der Waals surface area contributed by atoms with Crippen LogP contribution in [0.5, 0.6) is 0 Å². The summed E-state index contributed by atoms with van der Waals surface area (Å²) in [5.41, 5.74) is -0.103. The normalized spacial score (nSPS) is 19.1. The van der Waals surface area contributed by atoms with E-state index in [0.29, 0.717) is 39.8 Å². The van der Waals surface area contributed by atoms with Crippen LogP contribution < -0.4 is 10.6 Å². The van der Waals surface area contributed by atoms with Gasteiger partial charge in [0, 0.05) is 22.4 Å². The topological polar surface area (TPSA) is 93.9 Å². The molecule has 3 rings (SSSR count). The van der Waals surface area contributed by atoms with E-state index in [1.54, 1.807) is 6.07 Å². The molecule has 1 aromatic carbocycles. The van der Waals surface area contributed by atoms with Crippen molar-refractivity contribution in [1.29, 1.82) is 5.26 Å². The third-order valence-electron chi connectivity index (χ3n) is 4.63. The van der Waals surface area contributed by atoms with E-state index in [2.05, 4.69) is 42.6 Å². The smallest absolute Gasteiger partial charge is 0.392 e. The number of rotatable bonds is 5. The Labute approximate surface area is 178 Å². The number of aliphatic hydroxyl groups is 1. The van der Waals surface area contributed by atoms with Crippen LogP contribution in [-0.2, 0) is 12.8 Å². The highest BCUT2D eigenvalue weighted by atomic mass is 79.9. The first kappa shape index (κ1) is 21.6. The zero-order valence-electron chi connectivity index (χ0n) is 14.9. The molecule has 3 N–H and O–H groups in total. The Balaban J connectivity index is 1.93. The third-order valence-corrected chi connectivity index (χ3v) is 6.09. The number of hydrogen-bond donors (Lipinski definition) is 3. The lowest BCUT2D eigenvalue weighted by atomic mass is 10.1. The maximum absolute atomic E-state index is 13.4. The summed E-state index contributed by atoms with van der Waals surface area (Å²) in [7, 11) is 0. The summed E-state index contributed by atoms with van der Waals surface area (Å²) < 4.78 is 40.7. The largest absolute Gasteiger partial charge is 0.421 e. The monoisotopic (exact) mass is 489 g/mol. The van der Waals surface area contributed by atoms with Gasteiger partial charge >= 0.3 is 6.18 Å². The van der Waals surface area contributed by atoms with E-state index < -0.39 is 17.8 Å². The van der Waals surface area contributed by atoms with Crippen LogP contribution in [0.4, 0.5) is 30.6 Å². The van der Waals surface area contributed by atoms with Gasteiger partial charge in [0.2, 0.25) is 5.95 Å². The molecule has 1 aliphatic rings. The van der Waals surface area contributed by atoms with Gasteiger partial charge in [-0.05, 0) is 52.9 Å². The Kier molecular flexibility index (Phi) is 6.51. The van der Waals surface area contributed by atoms with E-state index in [9.17, 15) is 23.5 Å². The highest BCUT2D eigenvalue weighted by Gasteiger charge is 2.37. The first-order chi connectivity index (χ1) is 13.7. The van der Waals surface area contributed by atoms with Gasteiger partial charge in [-0.15, -0.1) is 0 Å². The van der Waals surface area contributed by atoms with Crippen molar-refractivity contribution >= 4 is 45.0 Å². The molecule has 1 aromatic heterocycles. The predicted octanol–water partition coefficient (Wildman–Crippen LogP) is 5.25. The van der Waals surface area contributed by atoms with E-state index in [-0.39, 0.29) is 24.3 Å². The minimum atomic E-state index is -4.65. The molecule has 2 aromatic rings. The second kappa shape index (κ2) is 8.73. The number of hydrogen-bond acceptors (Lipinski definition) is 6. The van der Waals surface area contributed by atoms with Gasteiger partial charge in [0.1, 0.15) is 11.4 Å². The lowest BCUT2D eigenvalue weighted by Gasteiger charge is -2.20. The molecule has 0 amide bonds. The first-order valence-electron chi connectivity index (χ1n) is 8.69. The van der Waals surface area contributed by atoms with Crippen LogP contribution in [0.3, 0.4) is 0 Å². The number of nitriles is 1. The van der Waals surface area contributed by atoms with Crippen LogP contribution >= 0.6 is 27.5 Å². The summed E-state index contributed by atoms with van der Waals surface area (Å²) in [6.07, 6.45) is -1.97. The van der Waals surface area contributed by atoms with Crippen LogP contribution in [0.15, 0.2) is 22.8 Å². The summed E-state index contributed by atoms with van der Waals surface area (Å²) in [6.45, 7) is -0.284. The number of benzene rings is 1. The molecule has 0 radical (unpaired) electrons. The molecule has 1 saturated carbocycles. The minimum absolute atomic E-state index is 0.0747. The number of halogens is 5. The quantitative estimate of drug-likeness (QED) is 0.530. The molecule has 11 heteroatoms. The molecular weight excluding hydrogens is 475 g/mol. The zero-order valence-corrected chi connectivity index (χ0v) is 17.2. The van der Waals surface area contributed by atoms with E-state index in [0.717, 1.165) is 6.42 Å². The maximum atomic E-state index is 13.4. The number of aromatic nitrogens is 2. The number of nitrogens with zero attached hydrogens (tertiary/aromatic N) is 3. The third kappa shape index (κ3) is 4.91. The van der Waals surface area contributed by atoms with E-state index in [4.69, 9.17) is 11.6 Å². The molecule has 154 valence electrons.